The summed E-state index contributed by atoms with van der Waals surface area (Å²) in [6, 6.07) is 4.89. The molecule has 4 aliphatic rings. The predicted octanol–water partition coefficient (Wildman–Crippen LogP) is 5.89. The Bertz CT molecular complexity index is 1840. The van der Waals surface area contributed by atoms with Gasteiger partial charge in [0.1, 0.15) is 32.1 Å². The normalized spacial score (nSPS) is 21.0. The van der Waals surface area contributed by atoms with Crippen LogP contribution in [0.4, 0.5) is 17.3 Å². The first-order chi connectivity index (χ1) is 24.2. The molecule has 0 bridgehead atoms. The first-order valence-electron chi connectivity index (χ1n) is 18.6. The Morgan fingerprint density at radius 1 is 0.980 bits per heavy atom. The van der Waals surface area contributed by atoms with Crippen LogP contribution in [0, 0.1) is 23.3 Å². The van der Waals surface area contributed by atoms with Gasteiger partial charge in [0.25, 0.3) is 5.91 Å². The molecule has 1 unspecified atom stereocenters. The highest BCUT2D eigenvalue weighted by Gasteiger charge is 2.42. The number of hydrogen-bond acceptors (Lipinski definition) is 9. The zero-order valence-corrected chi connectivity index (χ0v) is 33.4. The van der Waals surface area contributed by atoms with Crippen molar-refractivity contribution >= 4 is 41.1 Å². The number of aromatic nitrogens is 2. The lowest BCUT2D eigenvalue weighted by molar-refractivity contribution is -0.132. The van der Waals surface area contributed by atoms with E-state index >= 15 is 0 Å². The summed E-state index contributed by atoms with van der Waals surface area (Å²) < 4.78 is 31.4. The van der Waals surface area contributed by atoms with Gasteiger partial charge in [0.15, 0.2) is 15.6 Å². The molecule has 10 nitrogen and oxygen atoms in total. The number of benzene rings is 1. The summed E-state index contributed by atoms with van der Waals surface area (Å²) in [5, 5.41) is 3.65. The summed E-state index contributed by atoms with van der Waals surface area (Å²) >= 11 is 0. The SMILES string of the molecule is CC#CC(=O)N1CC(N2CCC(c3cc(C#C[Si](C(C)C)(C(C)C)C(C)C)c4c(c3)Nc3ncnc(N5CCS(=O)(=O)CC5)c3C(C)O4)CC2)C1. The van der Waals surface area contributed by atoms with Crippen LogP contribution in [0.25, 0.3) is 0 Å². The molecule has 1 amide bonds. The third kappa shape index (κ3) is 7.38. The number of hydrogen-bond donors (Lipinski definition) is 1. The number of amides is 1. The Labute approximate surface area is 306 Å². The highest BCUT2D eigenvalue weighted by Crippen LogP contribution is 2.46. The van der Waals surface area contributed by atoms with Gasteiger partial charge in [-0.2, -0.15) is 0 Å². The molecule has 0 aliphatic carbocycles. The summed E-state index contributed by atoms with van der Waals surface area (Å²) in [6.07, 6.45) is 3.20. The van der Waals surface area contributed by atoms with Crippen molar-refractivity contribution < 1.29 is 17.9 Å². The monoisotopic (exact) mass is 730 g/mol. The van der Waals surface area contributed by atoms with Crippen LogP contribution in [0.2, 0.25) is 16.6 Å². The minimum absolute atomic E-state index is 0.0754. The third-order valence-electron chi connectivity index (χ3n) is 11.8. The van der Waals surface area contributed by atoms with Crippen molar-refractivity contribution in [2.45, 2.75) is 103 Å². The second-order valence-corrected chi connectivity index (χ2v) is 23.5. The number of nitrogens with one attached hydrogen (secondary N) is 1. The van der Waals surface area contributed by atoms with Crippen molar-refractivity contribution in [3.63, 3.8) is 0 Å². The van der Waals surface area contributed by atoms with E-state index < -0.39 is 24.0 Å². The maximum atomic E-state index is 12.2. The Balaban J connectivity index is 1.34. The molecule has 12 heteroatoms. The van der Waals surface area contributed by atoms with Crippen molar-refractivity contribution in [3.8, 4) is 29.1 Å². The van der Waals surface area contributed by atoms with Gasteiger partial charge in [-0.25, -0.2) is 18.4 Å². The van der Waals surface area contributed by atoms with Gasteiger partial charge < -0.3 is 19.9 Å². The smallest absolute Gasteiger partial charge is 0.298 e. The van der Waals surface area contributed by atoms with Crippen LogP contribution in [0.1, 0.15) is 96.9 Å². The predicted molar refractivity (Wildman–Crippen MR) is 207 cm³/mol. The standard InChI is InChI=1S/C39H54N6O4SSi/c1-9-10-35(46)45-23-33(24-45)43-14-11-30(12-15-43)32-21-31(13-20-51(26(2)3,27(4)5)28(6)7)37-34(22-32)42-38-36(29(8)49-37)39(41-25-40-38)44-16-18-50(47,48)19-17-44/h21-22,25-30,33H,11-12,14-19,23-24H2,1-8H3,(H,40,41,42). The molecule has 0 radical (unpaired) electrons. The zero-order valence-electron chi connectivity index (χ0n) is 31.5. The van der Waals surface area contributed by atoms with Crippen LogP contribution in [0.15, 0.2) is 18.5 Å². The summed E-state index contributed by atoms with van der Waals surface area (Å²) in [6.45, 7) is 22.0. The average molecular weight is 731 g/mol. The van der Waals surface area contributed by atoms with E-state index in [0.29, 0.717) is 53.3 Å². The number of likely N-dealkylation sites (tertiary alicyclic amines) is 2. The molecule has 6 rings (SSSR count). The number of rotatable bonds is 6. The number of carbonyl (C=O) groups is 1. The van der Waals surface area contributed by atoms with E-state index in [2.05, 4.69) is 92.2 Å². The fraction of sp³-hybridized carbons (Fsp3) is 0.615. The summed E-state index contributed by atoms with van der Waals surface area (Å²) in [5.41, 5.74) is 9.27. The van der Waals surface area contributed by atoms with Gasteiger partial charge in [0.05, 0.1) is 28.3 Å². The molecule has 1 N–H and O–H groups in total. The average Bonchev–Trinajstić information content (AvgIpc) is 3.20. The quantitative estimate of drug-likeness (QED) is 0.288. The van der Waals surface area contributed by atoms with Gasteiger partial charge in [0.2, 0.25) is 0 Å². The largest absolute Gasteiger partial charge is 0.482 e. The maximum Gasteiger partial charge on any atom is 0.298 e. The van der Waals surface area contributed by atoms with E-state index in [9.17, 15) is 13.2 Å². The second kappa shape index (κ2) is 14.8. The van der Waals surface area contributed by atoms with Gasteiger partial charge in [0, 0.05) is 32.2 Å². The van der Waals surface area contributed by atoms with Crippen LogP contribution >= 0.6 is 0 Å². The summed E-state index contributed by atoms with van der Waals surface area (Å²) in [5.74, 6) is 11.7. The third-order valence-corrected chi connectivity index (χ3v) is 19.7. The second-order valence-electron chi connectivity index (χ2n) is 15.6. The van der Waals surface area contributed by atoms with Gasteiger partial charge in [-0.05, 0) is 85.9 Å². The minimum Gasteiger partial charge on any atom is -0.482 e. The molecule has 1 aromatic heterocycles. The molecule has 0 spiro atoms. The fourth-order valence-corrected chi connectivity index (χ4v) is 15.3. The molecule has 274 valence electrons. The lowest BCUT2D eigenvalue weighted by Gasteiger charge is -2.47. The van der Waals surface area contributed by atoms with Crippen LogP contribution in [-0.2, 0) is 14.6 Å². The van der Waals surface area contributed by atoms with Crippen LogP contribution in [0.5, 0.6) is 5.75 Å². The number of carbonyl (C=O) groups excluding carboxylic acids is 1. The molecule has 4 aliphatic heterocycles. The Morgan fingerprint density at radius 2 is 1.63 bits per heavy atom. The van der Waals surface area contributed by atoms with Gasteiger partial charge in [-0.15, -0.1) is 5.54 Å². The molecule has 1 atom stereocenters. The number of fused-ring (bicyclic) bond motifs is 2. The highest BCUT2D eigenvalue weighted by atomic mass is 32.2. The number of nitrogens with zero attached hydrogens (tertiary/aromatic N) is 5. The van der Waals surface area contributed by atoms with E-state index in [4.69, 9.17) is 9.72 Å². The van der Waals surface area contributed by atoms with Crippen LogP contribution in [-0.4, -0.2) is 99.0 Å². The van der Waals surface area contributed by atoms with E-state index in [0.717, 1.165) is 61.6 Å². The topological polar surface area (TPSA) is 108 Å². The first kappa shape index (κ1) is 37.2. The molecule has 2 aromatic rings. The Kier molecular flexibility index (Phi) is 10.8. The van der Waals surface area contributed by atoms with E-state index in [1.54, 1.807) is 13.3 Å². The molecular weight excluding hydrogens is 677 g/mol. The number of piperidine rings is 1. The number of sulfone groups is 1. The lowest BCUT2D eigenvalue weighted by atomic mass is 9.87. The molecule has 1 aromatic carbocycles. The molecule has 0 saturated carbocycles. The van der Waals surface area contributed by atoms with Crippen molar-refractivity contribution in [1.29, 1.82) is 0 Å². The molecule has 5 heterocycles. The lowest BCUT2D eigenvalue weighted by Crippen LogP contribution is -2.61. The van der Waals surface area contributed by atoms with Gasteiger partial charge in [-0.1, -0.05) is 53.4 Å². The van der Waals surface area contributed by atoms with Crippen molar-refractivity contribution in [2.24, 2.45) is 0 Å². The van der Waals surface area contributed by atoms with Crippen LogP contribution < -0.4 is 15.0 Å². The Morgan fingerprint density at radius 3 is 2.24 bits per heavy atom. The van der Waals surface area contributed by atoms with Crippen molar-refractivity contribution in [3.05, 3.63) is 35.2 Å². The summed E-state index contributed by atoms with van der Waals surface area (Å²) in [4.78, 5) is 28.0. The fourth-order valence-electron chi connectivity index (χ4n) is 8.84. The van der Waals surface area contributed by atoms with Gasteiger partial charge >= 0.3 is 0 Å². The van der Waals surface area contributed by atoms with Crippen molar-refractivity contribution in [1.82, 2.24) is 19.8 Å². The Hall–Kier alpha value is -3.58. The minimum atomic E-state index is -3.05. The first-order valence-corrected chi connectivity index (χ1v) is 22.7. The van der Waals surface area contributed by atoms with E-state index in [-0.39, 0.29) is 17.4 Å². The maximum absolute atomic E-state index is 12.2. The van der Waals surface area contributed by atoms with E-state index in [1.165, 1.54) is 5.56 Å². The molecule has 51 heavy (non-hydrogen) atoms. The van der Waals surface area contributed by atoms with E-state index in [1.807, 2.05) is 16.7 Å². The van der Waals surface area contributed by atoms with Crippen molar-refractivity contribution in [2.75, 3.05) is 61.0 Å². The number of anilines is 3. The highest BCUT2D eigenvalue weighted by molar-refractivity contribution is 7.91. The molecule has 3 saturated heterocycles. The molecular formula is C39H54N6O4SSi. The van der Waals surface area contributed by atoms with Crippen LogP contribution in [0.3, 0.4) is 0 Å². The summed E-state index contributed by atoms with van der Waals surface area (Å²) in [7, 11) is -5.10. The molecule has 3 fully saturated rings. The van der Waals surface area contributed by atoms with Gasteiger partial charge in [-0.3, -0.25) is 9.69 Å². The number of ether oxygens (including phenoxy) is 1. The zero-order chi connectivity index (χ0) is 36.7.